The predicted octanol–water partition coefficient (Wildman–Crippen LogP) is 2.32. The van der Waals surface area contributed by atoms with Crippen LogP contribution < -0.4 is 10.5 Å². The summed E-state index contributed by atoms with van der Waals surface area (Å²) in [4.78, 5) is 11.9. The molecule has 0 aliphatic heterocycles. The lowest BCUT2D eigenvalue weighted by Crippen LogP contribution is -1.96. The fourth-order valence-electron chi connectivity index (χ4n) is 1.06. The van der Waals surface area contributed by atoms with Crippen molar-refractivity contribution in [3.8, 4) is 11.6 Å². The van der Waals surface area contributed by atoms with E-state index in [0.717, 1.165) is 5.69 Å². The van der Waals surface area contributed by atoms with Crippen LogP contribution in [0.15, 0.2) is 29.1 Å². The van der Waals surface area contributed by atoms with Crippen molar-refractivity contribution in [3.05, 3.63) is 34.8 Å². The summed E-state index contributed by atoms with van der Waals surface area (Å²) in [6.07, 6.45) is 2.97. The second-order valence-corrected chi connectivity index (χ2v) is 3.91. The maximum Gasteiger partial charge on any atom is 0.238 e. The molecule has 2 heterocycles. The molecule has 5 nitrogen and oxygen atoms in total. The Morgan fingerprint density at radius 3 is 2.75 bits per heavy atom. The van der Waals surface area contributed by atoms with Crippen LogP contribution in [0.3, 0.4) is 0 Å². The molecule has 0 atom stereocenters. The Morgan fingerprint density at radius 1 is 1.25 bits per heavy atom. The molecule has 0 aliphatic rings. The van der Waals surface area contributed by atoms with Gasteiger partial charge in [-0.3, -0.25) is 4.98 Å². The second-order valence-electron chi connectivity index (χ2n) is 3.12. The number of pyridine rings is 1. The van der Waals surface area contributed by atoms with Gasteiger partial charge in [0.2, 0.25) is 5.88 Å². The van der Waals surface area contributed by atoms with Crippen LogP contribution in [0, 0.1) is 6.92 Å². The molecule has 2 rings (SSSR count). The first-order valence-corrected chi connectivity index (χ1v) is 5.32. The molecule has 82 valence electrons. The van der Waals surface area contributed by atoms with Crippen LogP contribution in [0.1, 0.15) is 5.69 Å². The molecule has 0 saturated heterocycles. The van der Waals surface area contributed by atoms with Crippen LogP contribution in [-0.2, 0) is 0 Å². The number of halogens is 1. The van der Waals surface area contributed by atoms with Gasteiger partial charge in [0.05, 0.1) is 6.20 Å². The lowest BCUT2D eigenvalue weighted by molar-refractivity contribution is 0.456. The fourth-order valence-corrected chi connectivity index (χ4v) is 1.35. The first-order chi connectivity index (χ1) is 7.66. The third-order valence-electron chi connectivity index (χ3n) is 1.88. The van der Waals surface area contributed by atoms with Crippen molar-refractivity contribution in [2.45, 2.75) is 6.92 Å². The number of ether oxygens (including phenoxy) is 1. The summed E-state index contributed by atoms with van der Waals surface area (Å²) in [6, 6.07) is 3.67. The topological polar surface area (TPSA) is 73.9 Å². The summed E-state index contributed by atoms with van der Waals surface area (Å²) in [7, 11) is 0. The standard InChI is InChI=1S/C10H9BrN4O/c1-6-2-3-7(4-13-6)16-10-8(11)9(12)14-5-15-10/h2-5H,1H3,(H2,12,14,15). The highest BCUT2D eigenvalue weighted by molar-refractivity contribution is 9.10. The molecule has 2 aromatic rings. The zero-order valence-electron chi connectivity index (χ0n) is 8.51. The lowest BCUT2D eigenvalue weighted by Gasteiger charge is -2.06. The van der Waals surface area contributed by atoms with Crippen LogP contribution in [0.4, 0.5) is 5.82 Å². The Morgan fingerprint density at radius 2 is 2.06 bits per heavy atom. The van der Waals surface area contributed by atoms with Crippen molar-refractivity contribution in [2.24, 2.45) is 0 Å². The zero-order valence-corrected chi connectivity index (χ0v) is 10.1. The normalized spacial score (nSPS) is 10.1. The van der Waals surface area contributed by atoms with Gasteiger partial charge < -0.3 is 10.5 Å². The van der Waals surface area contributed by atoms with Gasteiger partial charge in [-0.15, -0.1) is 0 Å². The van der Waals surface area contributed by atoms with Crippen molar-refractivity contribution in [1.29, 1.82) is 0 Å². The Bertz CT molecular complexity index is 501. The van der Waals surface area contributed by atoms with Gasteiger partial charge in [-0.2, -0.15) is 0 Å². The molecular formula is C10H9BrN4O. The molecule has 0 fully saturated rings. The molecule has 0 saturated carbocycles. The van der Waals surface area contributed by atoms with E-state index in [4.69, 9.17) is 10.5 Å². The molecule has 0 aliphatic carbocycles. The first-order valence-electron chi connectivity index (χ1n) is 4.53. The molecule has 16 heavy (non-hydrogen) atoms. The Balaban J connectivity index is 2.27. The number of hydrogen-bond acceptors (Lipinski definition) is 5. The summed E-state index contributed by atoms with van der Waals surface area (Å²) in [5.74, 6) is 1.31. The summed E-state index contributed by atoms with van der Waals surface area (Å²) >= 11 is 3.26. The highest BCUT2D eigenvalue weighted by atomic mass is 79.9. The third-order valence-corrected chi connectivity index (χ3v) is 2.63. The molecular weight excluding hydrogens is 272 g/mol. The van der Waals surface area contributed by atoms with Gasteiger partial charge in [-0.25, -0.2) is 9.97 Å². The van der Waals surface area contributed by atoms with Crippen LogP contribution in [0.25, 0.3) is 0 Å². The average molecular weight is 281 g/mol. The maximum absolute atomic E-state index is 5.60. The van der Waals surface area contributed by atoms with Gasteiger partial charge >= 0.3 is 0 Å². The predicted molar refractivity (Wildman–Crippen MR) is 63.2 cm³/mol. The van der Waals surface area contributed by atoms with Gasteiger partial charge in [-0.05, 0) is 35.0 Å². The minimum absolute atomic E-state index is 0.338. The molecule has 0 aromatic carbocycles. The minimum atomic E-state index is 0.338. The van der Waals surface area contributed by atoms with Crippen molar-refractivity contribution in [1.82, 2.24) is 15.0 Å². The van der Waals surface area contributed by atoms with E-state index in [1.54, 1.807) is 6.20 Å². The average Bonchev–Trinajstić information content (AvgIpc) is 2.28. The fraction of sp³-hybridized carbons (Fsp3) is 0.100. The van der Waals surface area contributed by atoms with Crippen molar-refractivity contribution in [3.63, 3.8) is 0 Å². The summed E-state index contributed by atoms with van der Waals surface area (Å²) in [5, 5.41) is 0. The number of hydrogen-bond donors (Lipinski definition) is 1. The number of aryl methyl sites for hydroxylation is 1. The first kappa shape index (κ1) is 10.8. The van der Waals surface area contributed by atoms with Crippen LogP contribution >= 0.6 is 15.9 Å². The Labute approximate surface area is 101 Å². The molecule has 0 unspecified atom stereocenters. The Kier molecular flexibility index (Phi) is 3.00. The van der Waals surface area contributed by atoms with Gasteiger partial charge in [-0.1, -0.05) is 0 Å². The monoisotopic (exact) mass is 280 g/mol. The Hall–Kier alpha value is -1.69. The number of nitrogens with zero attached hydrogens (tertiary/aromatic N) is 3. The van der Waals surface area contributed by atoms with Crippen molar-refractivity contribution in [2.75, 3.05) is 5.73 Å². The molecule has 6 heteroatoms. The lowest BCUT2D eigenvalue weighted by atomic mass is 10.4. The largest absolute Gasteiger partial charge is 0.436 e. The number of anilines is 1. The highest BCUT2D eigenvalue weighted by Gasteiger charge is 2.08. The summed E-state index contributed by atoms with van der Waals surface area (Å²) in [5.41, 5.74) is 6.53. The number of rotatable bonds is 2. The van der Waals surface area contributed by atoms with E-state index in [1.165, 1.54) is 6.33 Å². The zero-order chi connectivity index (χ0) is 11.5. The molecule has 0 radical (unpaired) electrons. The summed E-state index contributed by atoms with van der Waals surface area (Å²) in [6.45, 7) is 1.91. The van der Waals surface area contributed by atoms with Crippen molar-refractivity contribution < 1.29 is 4.74 Å². The number of nitrogens with two attached hydrogens (primary N) is 1. The van der Waals surface area contributed by atoms with Crippen molar-refractivity contribution >= 4 is 21.7 Å². The van der Waals surface area contributed by atoms with Gasteiger partial charge in [0.1, 0.15) is 22.4 Å². The van der Waals surface area contributed by atoms with Gasteiger partial charge in [0.15, 0.2) is 0 Å². The number of nitrogen functional groups attached to an aromatic ring is 1. The van der Waals surface area contributed by atoms with E-state index in [9.17, 15) is 0 Å². The van der Waals surface area contributed by atoms with E-state index >= 15 is 0 Å². The van der Waals surface area contributed by atoms with Gasteiger partial charge in [0, 0.05) is 5.69 Å². The number of aromatic nitrogens is 3. The highest BCUT2D eigenvalue weighted by Crippen LogP contribution is 2.29. The van der Waals surface area contributed by atoms with E-state index in [1.807, 2.05) is 19.1 Å². The molecule has 0 bridgehead atoms. The molecule has 2 N–H and O–H groups in total. The molecule has 0 spiro atoms. The smallest absolute Gasteiger partial charge is 0.238 e. The van der Waals surface area contributed by atoms with E-state index in [-0.39, 0.29) is 0 Å². The quantitative estimate of drug-likeness (QED) is 0.914. The second kappa shape index (κ2) is 4.44. The molecule has 2 aromatic heterocycles. The van der Waals surface area contributed by atoms with Crippen LogP contribution in [0.5, 0.6) is 11.6 Å². The van der Waals surface area contributed by atoms with E-state index < -0.39 is 0 Å². The van der Waals surface area contributed by atoms with E-state index in [0.29, 0.717) is 21.9 Å². The van der Waals surface area contributed by atoms with Crippen LogP contribution in [0.2, 0.25) is 0 Å². The third kappa shape index (κ3) is 2.27. The van der Waals surface area contributed by atoms with E-state index in [2.05, 4.69) is 30.9 Å². The minimum Gasteiger partial charge on any atom is -0.436 e. The molecule has 0 amide bonds. The SMILES string of the molecule is Cc1ccc(Oc2ncnc(N)c2Br)cn1. The maximum atomic E-state index is 5.60. The van der Waals surface area contributed by atoms with Crippen LogP contribution in [-0.4, -0.2) is 15.0 Å². The summed E-state index contributed by atoms with van der Waals surface area (Å²) < 4.78 is 6.04. The van der Waals surface area contributed by atoms with Gasteiger partial charge in [0.25, 0.3) is 0 Å².